The van der Waals surface area contributed by atoms with E-state index >= 15 is 0 Å². The predicted octanol–water partition coefficient (Wildman–Crippen LogP) is 1.52. The van der Waals surface area contributed by atoms with E-state index in [9.17, 15) is 19.7 Å². The fourth-order valence-corrected chi connectivity index (χ4v) is 4.08. The number of rotatable bonds is 3. The number of fused-ring (bicyclic) bond motifs is 2. The van der Waals surface area contributed by atoms with Gasteiger partial charge >= 0.3 is 11.9 Å². The Hall–Kier alpha value is -2.12. The molecule has 132 valence electrons. The molecule has 8 nitrogen and oxygen atoms in total. The van der Waals surface area contributed by atoms with Gasteiger partial charge in [-0.3, -0.25) is 14.9 Å². The Kier molecular flexibility index (Phi) is 3.62. The molecule has 3 rings (SSSR count). The van der Waals surface area contributed by atoms with E-state index in [-0.39, 0.29) is 11.7 Å². The molecular formula is C16H22N2O6. The molecule has 0 unspecified atom stereocenters. The van der Waals surface area contributed by atoms with Crippen LogP contribution in [0.1, 0.15) is 46.5 Å². The molecular weight excluding hydrogens is 316 g/mol. The van der Waals surface area contributed by atoms with Crippen molar-refractivity contribution >= 4 is 11.9 Å². The number of esters is 2. The van der Waals surface area contributed by atoms with Gasteiger partial charge in [0.2, 0.25) is 5.60 Å². The van der Waals surface area contributed by atoms with Gasteiger partial charge in [-0.05, 0) is 32.6 Å². The summed E-state index contributed by atoms with van der Waals surface area (Å²) in [6, 6.07) is 0. The average Bonchev–Trinajstić information content (AvgIpc) is 2.79. The Balaban J connectivity index is 1.85. The van der Waals surface area contributed by atoms with Crippen molar-refractivity contribution in [2.24, 2.45) is 10.8 Å². The van der Waals surface area contributed by atoms with Crippen LogP contribution in [0, 0.1) is 20.9 Å². The van der Waals surface area contributed by atoms with Crippen molar-refractivity contribution in [1.29, 1.82) is 0 Å². The quantitative estimate of drug-likeness (QED) is 0.472. The predicted molar refractivity (Wildman–Crippen MR) is 82.1 cm³/mol. The third-order valence-electron chi connectivity index (χ3n) is 6.23. The van der Waals surface area contributed by atoms with Gasteiger partial charge < -0.3 is 14.8 Å². The van der Waals surface area contributed by atoms with E-state index in [1.807, 2.05) is 20.8 Å². The summed E-state index contributed by atoms with van der Waals surface area (Å²) in [5.74, 6) is -0.983. The second-order valence-corrected chi connectivity index (χ2v) is 7.51. The van der Waals surface area contributed by atoms with E-state index < -0.39 is 33.4 Å². The Morgan fingerprint density at radius 2 is 2.12 bits per heavy atom. The Morgan fingerprint density at radius 1 is 1.42 bits per heavy atom. The van der Waals surface area contributed by atoms with Crippen LogP contribution in [0.2, 0.25) is 0 Å². The maximum absolute atomic E-state index is 12.9. The van der Waals surface area contributed by atoms with E-state index in [1.165, 1.54) is 0 Å². The van der Waals surface area contributed by atoms with Gasteiger partial charge in [0.1, 0.15) is 11.8 Å². The van der Waals surface area contributed by atoms with Crippen molar-refractivity contribution in [1.82, 2.24) is 5.32 Å². The monoisotopic (exact) mass is 338 g/mol. The van der Waals surface area contributed by atoms with E-state index in [4.69, 9.17) is 9.47 Å². The molecule has 8 heteroatoms. The van der Waals surface area contributed by atoms with Crippen molar-refractivity contribution in [3.63, 3.8) is 0 Å². The second kappa shape index (κ2) is 5.19. The highest BCUT2D eigenvalue weighted by molar-refractivity contribution is 5.93. The topological polar surface area (TPSA) is 108 Å². The smallest absolute Gasteiger partial charge is 0.351 e. The van der Waals surface area contributed by atoms with Crippen LogP contribution >= 0.6 is 0 Å². The maximum atomic E-state index is 12.9. The van der Waals surface area contributed by atoms with Crippen LogP contribution in [-0.4, -0.2) is 35.1 Å². The van der Waals surface area contributed by atoms with E-state index in [0.29, 0.717) is 25.8 Å². The molecule has 0 aromatic heterocycles. The SMILES string of the molecule is CC1(C)[C@@]2(C(=O)O[C@@H]3CCCN/C3=C/[N+](=O)[O-])CC[C@]1(C)C(=O)O2. The summed E-state index contributed by atoms with van der Waals surface area (Å²) in [4.78, 5) is 35.3. The van der Waals surface area contributed by atoms with Crippen LogP contribution < -0.4 is 5.32 Å². The molecule has 0 amide bonds. The molecule has 3 atom stereocenters. The lowest BCUT2D eigenvalue weighted by Crippen LogP contribution is -2.50. The van der Waals surface area contributed by atoms with Crippen LogP contribution in [0.15, 0.2) is 11.9 Å². The molecule has 2 bridgehead atoms. The van der Waals surface area contributed by atoms with Crippen LogP contribution in [0.4, 0.5) is 0 Å². The summed E-state index contributed by atoms with van der Waals surface area (Å²) >= 11 is 0. The number of hydrogen-bond donors (Lipinski definition) is 1. The van der Waals surface area contributed by atoms with Gasteiger partial charge in [0.05, 0.1) is 10.3 Å². The number of nitrogens with one attached hydrogen (secondary N) is 1. The van der Waals surface area contributed by atoms with Gasteiger partial charge in [0.25, 0.3) is 6.20 Å². The number of nitro groups is 1. The lowest BCUT2D eigenvalue weighted by molar-refractivity contribution is -0.404. The minimum absolute atomic E-state index is 0.277. The summed E-state index contributed by atoms with van der Waals surface area (Å²) < 4.78 is 11.1. The van der Waals surface area contributed by atoms with Gasteiger partial charge in [0.15, 0.2) is 0 Å². The van der Waals surface area contributed by atoms with Gasteiger partial charge in [-0.1, -0.05) is 13.8 Å². The summed E-state index contributed by atoms with van der Waals surface area (Å²) in [6.45, 7) is 6.10. The number of hydrogen-bond acceptors (Lipinski definition) is 7. The molecule has 3 aliphatic rings. The molecule has 0 spiro atoms. The summed E-state index contributed by atoms with van der Waals surface area (Å²) in [5.41, 5.74) is -2.44. The Labute approximate surface area is 139 Å². The fourth-order valence-electron chi connectivity index (χ4n) is 4.08. The number of ether oxygens (including phenoxy) is 2. The van der Waals surface area contributed by atoms with Gasteiger partial charge in [-0.2, -0.15) is 0 Å². The minimum atomic E-state index is -1.31. The molecule has 2 heterocycles. The molecule has 3 fully saturated rings. The van der Waals surface area contributed by atoms with Gasteiger partial charge in [-0.25, -0.2) is 4.79 Å². The highest BCUT2D eigenvalue weighted by atomic mass is 16.6. The normalized spacial score (nSPS) is 38.5. The molecule has 0 aromatic rings. The zero-order chi connectivity index (χ0) is 17.8. The molecule has 0 radical (unpaired) electrons. The standard InChI is InChI=1S/C16H22N2O6/c1-14(2)15(3)6-7-16(14,24-12(15)19)13(20)23-11-5-4-8-17-10(11)9-18(21)22/h9,11,17H,4-8H2,1-3H3/b10-9+/t11-,15-,16+/m1/s1. The molecule has 1 N–H and O–H groups in total. The Morgan fingerprint density at radius 3 is 2.67 bits per heavy atom. The number of carbonyl (C=O) groups is 2. The number of carbonyl (C=O) groups excluding carboxylic acids is 2. The minimum Gasteiger partial charge on any atom is -0.453 e. The molecule has 1 saturated carbocycles. The number of piperidine rings is 1. The van der Waals surface area contributed by atoms with E-state index in [2.05, 4.69) is 5.32 Å². The van der Waals surface area contributed by atoms with Crippen LogP contribution in [-0.2, 0) is 19.1 Å². The van der Waals surface area contributed by atoms with Gasteiger partial charge in [0, 0.05) is 12.0 Å². The maximum Gasteiger partial charge on any atom is 0.351 e. The lowest BCUT2D eigenvalue weighted by atomic mass is 9.66. The van der Waals surface area contributed by atoms with Crippen LogP contribution in [0.25, 0.3) is 0 Å². The highest BCUT2D eigenvalue weighted by Crippen LogP contribution is 2.65. The van der Waals surface area contributed by atoms with E-state index in [1.54, 1.807) is 0 Å². The molecule has 2 aliphatic heterocycles. The third kappa shape index (κ3) is 2.04. The Bertz CT molecular complexity index is 642. The zero-order valence-corrected chi connectivity index (χ0v) is 14.1. The molecule has 2 saturated heterocycles. The summed E-state index contributed by atoms with van der Waals surface area (Å²) in [7, 11) is 0. The second-order valence-electron chi connectivity index (χ2n) is 7.51. The summed E-state index contributed by atoms with van der Waals surface area (Å²) in [6.07, 6.45) is 2.33. The first-order chi connectivity index (χ1) is 11.1. The lowest BCUT2D eigenvalue weighted by Gasteiger charge is -2.36. The van der Waals surface area contributed by atoms with Crippen molar-refractivity contribution in [3.05, 3.63) is 22.0 Å². The number of nitrogens with zero attached hydrogens (tertiary/aromatic N) is 1. The van der Waals surface area contributed by atoms with Crippen molar-refractivity contribution < 1.29 is 24.0 Å². The van der Waals surface area contributed by atoms with Gasteiger partial charge in [-0.15, -0.1) is 0 Å². The first-order valence-corrected chi connectivity index (χ1v) is 8.18. The summed E-state index contributed by atoms with van der Waals surface area (Å²) in [5, 5.41) is 13.7. The van der Waals surface area contributed by atoms with Crippen LogP contribution in [0.3, 0.4) is 0 Å². The van der Waals surface area contributed by atoms with Crippen LogP contribution in [0.5, 0.6) is 0 Å². The first kappa shape index (κ1) is 16.7. The van der Waals surface area contributed by atoms with Crippen molar-refractivity contribution in [2.45, 2.75) is 58.2 Å². The first-order valence-electron chi connectivity index (χ1n) is 8.18. The van der Waals surface area contributed by atoms with E-state index in [0.717, 1.165) is 12.6 Å². The molecule has 1 aliphatic carbocycles. The molecule has 0 aromatic carbocycles. The highest BCUT2D eigenvalue weighted by Gasteiger charge is 2.76. The largest absolute Gasteiger partial charge is 0.453 e. The average molecular weight is 338 g/mol. The van der Waals surface area contributed by atoms with Crippen molar-refractivity contribution in [3.8, 4) is 0 Å². The third-order valence-corrected chi connectivity index (χ3v) is 6.23. The van der Waals surface area contributed by atoms with Crippen molar-refractivity contribution in [2.75, 3.05) is 6.54 Å². The molecule has 24 heavy (non-hydrogen) atoms. The zero-order valence-electron chi connectivity index (χ0n) is 14.1. The fraction of sp³-hybridized carbons (Fsp3) is 0.750.